The minimum absolute atomic E-state index is 0. The molecular weight excluding hydrogens is 481 g/mol. The summed E-state index contributed by atoms with van der Waals surface area (Å²) in [6.45, 7) is 1.58. The standard InChI is InChI=1S/C21H21N5O2.HI/c27-26(28)20-11-9-18(10-12-20)15-24-21(23-14-17-6-2-1-3-7-17)25-16-19-8-4-5-13-22-19;/h1-13H,14-16H2,(H2,23,24,25);1H. The second-order valence-electron chi connectivity index (χ2n) is 6.10. The number of pyridine rings is 1. The van der Waals surface area contributed by atoms with Crippen molar-refractivity contribution in [2.75, 3.05) is 0 Å². The number of hydrogen-bond donors (Lipinski definition) is 2. The number of nitrogens with zero attached hydrogens (tertiary/aromatic N) is 3. The van der Waals surface area contributed by atoms with Crippen LogP contribution in [0.1, 0.15) is 16.8 Å². The van der Waals surface area contributed by atoms with Gasteiger partial charge in [0.25, 0.3) is 5.69 Å². The van der Waals surface area contributed by atoms with Gasteiger partial charge < -0.3 is 10.6 Å². The first kappa shape index (κ1) is 22.3. The third-order valence-electron chi connectivity index (χ3n) is 4.03. The third-order valence-corrected chi connectivity index (χ3v) is 4.03. The van der Waals surface area contributed by atoms with E-state index in [4.69, 9.17) is 0 Å². The van der Waals surface area contributed by atoms with Gasteiger partial charge in [0.05, 0.1) is 23.7 Å². The van der Waals surface area contributed by atoms with Gasteiger partial charge in [-0.05, 0) is 23.3 Å². The Morgan fingerprint density at radius 1 is 0.897 bits per heavy atom. The Labute approximate surface area is 186 Å². The number of benzene rings is 2. The molecule has 0 fully saturated rings. The summed E-state index contributed by atoms with van der Waals surface area (Å²) < 4.78 is 0. The Balaban J connectivity index is 0.00000300. The van der Waals surface area contributed by atoms with Gasteiger partial charge in [-0.3, -0.25) is 15.1 Å². The van der Waals surface area contributed by atoms with Gasteiger partial charge in [0.2, 0.25) is 0 Å². The van der Waals surface area contributed by atoms with Crippen LogP contribution in [0.2, 0.25) is 0 Å². The maximum absolute atomic E-state index is 10.8. The molecule has 0 atom stereocenters. The van der Waals surface area contributed by atoms with E-state index >= 15 is 0 Å². The van der Waals surface area contributed by atoms with Crippen molar-refractivity contribution in [3.8, 4) is 0 Å². The van der Waals surface area contributed by atoms with Gasteiger partial charge in [-0.1, -0.05) is 48.5 Å². The molecule has 0 aliphatic rings. The summed E-state index contributed by atoms with van der Waals surface area (Å²) in [6.07, 6.45) is 1.75. The molecule has 150 valence electrons. The molecule has 8 heteroatoms. The van der Waals surface area contributed by atoms with Crippen LogP contribution in [-0.2, 0) is 19.6 Å². The van der Waals surface area contributed by atoms with E-state index in [9.17, 15) is 10.1 Å². The summed E-state index contributed by atoms with van der Waals surface area (Å²) in [6, 6.07) is 22.2. The molecule has 2 N–H and O–H groups in total. The number of aromatic nitrogens is 1. The first-order chi connectivity index (χ1) is 13.7. The van der Waals surface area contributed by atoms with Crippen LogP contribution in [0.4, 0.5) is 5.69 Å². The van der Waals surface area contributed by atoms with Crippen molar-refractivity contribution in [1.29, 1.82) is 0 Å². The monoisotopic (exact) mass is 503 g/mol. The van der Waals surface area contributed by atoms with E-state index in [0.717, 1.165) is 16.8 Å². The molecule has 1 aromatic heterocycles. The Kier molecular flexibility index (Phi) is 9.03. The van der Waals surface area contributed by atoms with Gasteiger partial charge in [0.15, 0.2) is 5.96 Å². The first-order valence-electron chi connectivity index (χ1n) is 8.90. The maximum atomic E-state index is 10.8. The van der Waals surface area contributed by atoms with Gasteiger partial charge in [0.1, 0.15) is 0 Å². The molecule has 0 aliphatic carbocycles. The summed E-state index contributed by atoms with van der Waals surface area (Å²) in [7, 11) is 0. The molecule has 0 radical (unpaired) electrons. The number of aliphatic imine (C=N–C) groups is 1. The number of guanidine groups is 1. The first-order valence-corrected chi connectivity index (χ1v) is 8.90. The SMILES string of the molecule is I.O=[N+]([O-])c1ccc(CNC(=NCc2ccccc2)NCc2ccccn2)cc1. The summed E-state index contributed by atoms with van der Waals surface area (Å²) in [5.41, 5.74) is 3.02. The lowest BCUT2D eigenvalue weighted by Crippen LogP contribution is -2.36. The predicted molar refractivity (Wildman–Crippen MR) is 124 cm³/mol. The second-order valence-corrected chi connectivity index (χ2v) is 6.10. The molecule has 1 heterocycles. The average Bonchev–Trinajstić information content (AvgIpc) is 2.75. The fourth-order valence-electron chi connectivity index (χ4n) is 2.53. The van der Waals surface area contributed by atoms with Gasteiger partial charge in [-0.2, -0.15) is 0 Å². The molecule has 0 saturated carbocycles. The maximum Gasteiger partial charge on any atom is 0.269 e. The van der Waals surface area contributed by atoms with Crippen molar-refractivity contribution in [3.63, 3.8) is 0 Å². The fraction of sp³-hybridized carbons (Fsp3) is 0.143. The van der Waals surface area contributed by atoms with Crippen LogP contribution in [0, 0.1) is 10.1 Å². The highest BCUT2D eigenvalue weighted by Crippen LogP contribution is 2.11. The highest BCUT2D eigenvalue weighted by atomic mass is 127. The van der Waals surface area contributed by atoms with Crippen LogP contribution in [0.15, 0.2) is 84.0 Å². The number of nitro benzene ring substituents is 1. The number of hydrogen-bond acceptors (Lipinski definition) is 4. The lowest BCUT2D eigenvalue weighted by molar-refractivity contribution is -0.384. The zero-order chi connectivity index (χ0) is 19.6. The van der Waals surface area contributed by atoms with Crippen LogP contribution in [0.3, 0.4) is 0 Å². The predicted octanol–water partition coefficient (Wildman–Crippen LogP) is 4.04. The van der Waals surface area contributed by atoms with E-state index < -0.39 is 4.92 Å². The molecule has 0 unspecified atom stereocenters. The van der Waals surface area contributed by atoms with E-state index in [0.29, 0.717) is 25.6 Å². The Bertz CT molecular complexity index is 919. The van der Waals surface area contributed by atoms with Gasteiger partial charge in [-0.15, -0.1) is 24.0 Å². The fourth-order valence-corrected chi connectivity index (χ4v) is 2.53. The lowest BCUT2D eigenvalue weighted by Gasteiger charge is -2.13. The van der Waals surface area contributed by atoms with Gasteiger partial charge in [-0.25, -0.2) is 4.99 Å². The molecule has 3 rings (SSSR count). The zero-order valence-electron chi connectivity index (χ0n) is 15.7. The van der Waals surface area contributed by atoms with Crippen molar-refractivity contribution >= 4 is 35.6 Å². The largest absolute Gasteiger partial charge is 0.352 e. The Morgan fingerprint density at radius 2 is 1.59 bits per heavy atom. The summed E-state index contributed by atoms with van der Waals surface area (Å²) in [4.78, 5) is 19.3. The lowest BCUT2D eigenvalue weighted by atomic mass is 10.2. The zero-order valence-corrected chi connectivity index (χ0v) is 18.0. The van der Waals surface area contributed by atoms with E-state index in [1.54, 1.807) is 18.3 Å². The minimum atomic E-state index is -0.404. The van der Waals surface area contributed by atoms with Crippen LogP contribution in [-0.4, -0.2) is 15.9 Å². The molecule has 3 aromatic rings. The highest BCUT2D eigenvalue weighted by molar-refractivity contribution is 14.0. The van der Waals surface area contributed by atoms with Crippen LogP contribution in [0.25, 0.3) is 0 Å². The normalized spacial score (nSPS) is 10.7. The summed E-state index contributed by atoms with van der Waals surface area (Å²) in [5, 5.41) is 17.3. The third kappa shape index (κ3) is 7.49. The molecule has 0 aliphatic heterocycles. The average molecular weight is 503 g/mol. The van der Waals surface area contributed by atoms with E-state index in [-0.39, 0.29) is 29.7 Å². The van der Waals surface area contributed by atoms with Crippen LogP contribution in [0.5, 0.6) is 0 Å². The number of rotatable bonds is 7. The Morgan fingerprint density at radius 3 is 2.24 bits per heavy atom. The highest BCUT2D eigenvalue weighted by Gasteiger charge is 2.05. The summed E-state index contributed by atoms with van der Waals surface area (Å²) in [5.74, 6) is 0.646. The van der Waals surface area contributed by atoms with E-state index in [1.807, 2.05) is 48.5 Å². The van der Waals surface area contributed by atoms with Crippen LogP contribution < -0.4 is 10.6 Å². The van der Waals surface area contributed by atoms with Gasteiger partial charge in [0, 0.05) is 24.9 Å². The molecule has 0 amide bonds. The molecule has 0 saturated heterocycles. The number of halogens is 1. The van der Waals surface area contributed by atoms with E-state index in [1.165, 1.54) is 12.1 Å². The number of nitrogens with one attached hydrogen (secondary N) is 2. The molecule has 29 heavy (non-hydrogen) atoms. The van der Waals surface area contributed by atoms with Crippen LogP contribution >= 0.6 is 24.0 Å². The quantitative estimate of drug-likeness (QED) is 0.167. The van der Waals surface area contributed by atoms with Crippen molar-refractivity contribution < 1.29 is 4.92 Å². The minimum Gasteiger partial charge on any atom is -0.352 e. The second kappa shape index (κ2) is 11.7. The number of nitro groups is 1. The Hall–Kier alpha value is -3.01. The van der Waals surface area contributed by atoms with Crippen molar-refractivity contribution in [2.45, 2.75) is 19.6 Å². The van der Waals surface area contributed by atoms with Gasteiger partial charge >= 0.3 is 0 Å². The smallest absolute Gasteiger partial charge is 0.269 e. The topological polar surface area (TPSA) is 92.5 Å². The van der Waals surface area contributed by atoms with E-state index in [2.05, 4.69) is 20.6 Å². The molecule has 0 bridgehead atoms. The molecule has 0 spiro atoms. The molecule has 2 aromatic carbocycles. The molecular formula is C21H22IN5O2. The van der Waals surface area contributed by atoms with Crippen molar-refractivity contribution in [2.24, 2.45) is 4.99 Å². The molecule has 7 nitrogen and oxygen atoms in total. The number of non-ortho nitro benzene ring substituents is 1. The van der Waals surface area contributed by atoms with Crippen molar-refractivity contribution in [1.82, 2.24) is 15.6 Å². The summed E-state index contributed by atoms with van der Waals surface area (Å²) >= 11 is 0. The van der Waals surface area contributed by atoms with Crippen molar-refractivity contribution in [3.05, 3.63) is 106 Å².